The molecule has 1 amide bonds. The summed E-state index contributed by atoms with van der Waals surface area (Å²) in [6.07, 6.45) is 1.58. The molecule has 0 radical (unpaired) electrons. The van der Waals surface area contributed by atoms with E-state index < -0.39 is 5.97 Å². The van der Waals surface area contributed by atoms with Gasteiger partial charge in [-0.3, -0.25) is 9.59 Å². The molecule has 0 unspecified atom stereocenters. The predicted octanol–water partition coefficient (Wildman–Crippen LogP) is 0.254. The van der Waals surface area contributed by atoms with Crippen LogP contribution in [0, 0.1) is 0 Å². The Labute approximate surface area is 106 Å². The molecule has 0 aliphatic heterocycles. The van der Waals surface area contributed by atoms with E-state index in [1.165, 1.54) is 4.57 Å². The Balaban J connectivity index is 2.51. The van der Waals surface area contributed by atoms with Gasteiger partial charge in [0.2, 0.25) is 0 Å². The molecule has 0 spiro atoms. The molecule has 1 rings (SSSR count). The third-order valence-electron chi connectivity index (χ3n) is 2.69. The van der Waals surface area contributed by atoms with Crippen molar-refractivity contribution in [3.8, 4) is 0 Å². The minimum absolute atomic E-state index is 0.204. The fraction of sp³-hybridized carbons (Fsp3) is 0.500. The summed E-state index contributed by atoms with van der Waals surface area (Å²) in [5.74, 6) is -1.21. The molecule has 0 fully saturated rings. The predicted molar refractivity (Wildman–Crippen MR) is 67.6 cm³/mol. The first-order chi connectivity index (χ1) is 8.54. The van der Waals surface area contributed by atoms with Crippen molar-refractivity contribution in [3.05, 3.63) is 24.0 Å². The normalized spacial score (nSPS) is 10.6. The van der Waals surface area contributed by atoms with Crippen LogP contribution >= 0.6 is 0 Å². The molecule has 0 aliphatic carbocycles. The quantitative estimate of drug-likeness (QED) is 0.730. The van der Waals surface area contributed by atoms with Gasteiger partial charge in [-0.25, -0.2) is 0 Å². The lowest BCUT2D eigenvalue weighted by atomic mass is 10.4. The molecule has 100 valence electrons. The van der Waals surface area contributed by atoms with Crippen molar-refractivity contribution >= 4 is 11.9 Å². The monoisotopic (exact) mass is 253 g/mol. The molecule has 0 aromatic carbocycles. The molecular formula is C12H19N3O3. The Hall–Kier alpha value is -1.82. The first kappa shape index (κ1) is 14.2. The second-order valence-corrected chi connectivity index (χ2v) is 4.07. The number of hydrogen-bond acceptors (Lipinski definition) is 3. The third kappa shape index (κ3) is 4.21. The summed E-state index contributed by atoms with van der Waals surface area (Å²) in [4.78, 5) is 24.5. The molecule has 0 atom stereocenters. The topological polar surface area (TPSA) is 74.6 Å². The zero-order valence-corrected chi connectivity index (χ0v) is 10.7. The highest BCUT2D eigenvalue weighted by atomic mass is 16.4. The zero-order valence-electron chi connectivity index (χ0n) is 10.7. The smallest absolute Gasteiger partial charge is 0.323 e. The molecule has 0 bridgehead atoms. The maximum absolute atomic E-state index is 11.8. The number of carboxylic acids is 1. The van der Waals surface area contributed by atoms with Crippen LogP contribution in [-0.2, 0) is 11.3 Å². The van der Waals surface area contributed by atoms with Gasteiger partial charge < -0.3 is 19.9 Å². The van der Waals surface area contributed by atoms with E-state index in [9.17, 15) is 9.59 Å². The summed E-state index contributed by atoms with van der Waals surface area (Å²) >= 11 is 0. The van der Waals surface area contributed by atoms with Gasteiger partial charge in [-0.1, -0.05) is 6.92 Å². The number of nitrogens with zero attached hydrogens (tertiary/aromatic N) is 2. The fourth-order valence-corrected chi connectivity index (χ4v) is 1.51. The Morgan fingerprint density at radius 2 is 2.22 bits per heavy atom. The molecule has 1 aromatic heterocycles. The lowest BCUT2D eigenvalue weighted by Crippen LogP contribution is -2.34. The average Bonchev–Trinajstić information content (AvgIpc) is 2.75. The highest BCUT2D eigenvalue weighted by Crippen LogP contribution is 2.02. The largest absolute Gasteiger partial charge is 0.480 e. The molecular weight excluding hydrogens is 234 g/mol. The van der Waals surface area contributed by atoms with Crippen LogP contribution < -0.4 is 5.32 Å². The number of carboxylic acid groups (broad SMARTS) is 1. The van der Waals surface area contributed by atoms with Crippen molar-refractivity contribution in [1.29, 1.82) is 0 Å². The van der Waals surface area contributed by atoms with E-state index in [0.29, 0.717) is 12.2 Å². The Morgan fingerprint density at radius 1 is 1.50 bits per heavy atom. The van der Waals surface area contributed by atoms with Gasteiger partial charge in [-0.05, 0) is 25.7 Å². The van der Waals surface area contributed by atoms with Gasteiger partial charge in [0.25, 0.3) is 5.91 Å². The summed E-state index contributed by atoms with van der Waals surface area (Å²) in [5, 5.41) is 11.5. The molecule has 6 heteroatoms. The lowest BCUT2D eigenvalue weighted by Gasteiger charge is -2.14. The molecule has 0 saturated carbocycles. The van der Waals surface area contributed by atoms with Gasteiger partial charge in [0.15, 0.2) is 0 Å². The molecule has 2 N–H and O–H groups in total. The minimum atomic E-state index is -0.967. The lowest BCUT2D eigenvalue weighted by molar-refractivity contribution is -0.137. The van der Waals surface area contributed by atoms with E-state index >= 15 is 0 Å². The second-order valence-electron chi connectivity index (χ2n) is 4.07. The number of rotatable bonds is 7. The molecule has 1 aromatic rings. The first-order valence-electron chi connectivity index (χ1n) is 5.88. The number of aromatic nitrogens is 1. The molecule has 0 aliphatic rings. The van der Waals surface area contributed by atoms with E-state index in [2.05, 4.69) is 10.2 Å². The summed E-state index contributed by atoms with van der Waals surface area (Å²) in [6.45, 7) is 4.07. The number of likely N-dealkylation sites (N-methyl/N-ethyl adjacent to an activating group) is 1. The van der Waals surface area contributed by atoms with Crippen molar-refractivity contribution in [2.75, 3.05) is 26.7 Å². The molecule has 1 heterocycles. The van der Waals surface area contributed by atoms with Crippen molar-refractivity contribution in [2.24, 2.45) is 0 Å². The van der Waals surface area contributed by atoms with Gasteiger partial charge in [0.05, 0.1) is 0 Å². The van der Waals surface area contributed by atoms with Gasteiger partial charge in [0.1, 0.15) is 12.2 Å². The number of hydrogen-bond donors (Lipinski definition) is 2. The summed E-state index contributed by atoms with van der Waals surface area (Å²) < 4.78 is 1.42. The maximum atomic E-state index is 11.8. The van der Waals surface area contributed by atoms with Crippen LogP contribution in [0.25, 0.3) is 0 Å². The van der Waals surface area contributed by atoms with Crippen LogP contribution in [0.4, 0.5) is 0 Å². The molecule has 6 nitrogen and oxygen atoms in total. The number of nitrogens with one attached hydrogen (secondary N) is 1. The van der Waals surface area contributed by atoms with Gasteiger partial charge in [-0.2, -0.15) is 0 Å². The Morgan fingerprint density at radius 3 is 2.83 bits per heavy atom. The van der Waals surface area contributed by atoms with E-state index in [-0.39, 0.29) is 12.5 Å². The number of carbonyl (C=O) groups is 2. The number of carbonyl (C=O) groups excluding carboxylic acids is 1. The Bertz CT molecular complexity index is 414. The highest BCUT2D eigenvalue weighted by Gasteiger charge is 2.12. The number of aliphatic carboxylic acids is 1. The van der Waals surface area contributed by atoms with Crippen molar-refractivity contribution < 1.29 is 14.7 Å². The molecule has 0 saturated heterocycles. The standard InChI is InChI=1S/C12H19N3O3/c1-3-14(2)8-6-13-12(18)10-5-4-7-15(10)9-11(16)17/h4-5,7H,3,6,8-9H2,1-2H3,(H,13,18)(H,16,17). The van der Waals surface area contributed by atoms with Crippen LogP contribution in [0.5, 0.6) is 0 Å². The summed E-state index contributed by atoms with van der Waals surface area (Å²) in [6, 6.07) is 3.28. The van der Waals surface area contributed by atoms with Crippen LogP contribution in [-0.4, -0.2) is 53.1 Å². The van der Waals surface area contributed by atoms with E-state index in [0.717, 1.165) is 13.1 Å². The first-order valence-corrected chi connectivity index (χ1v) is 5.88. The van der Waals surface area contributed by atoms with Crippen LogP contribution in [0.3, 0.4) is 0 Å². The maximum Gasteiger partial charge on any atom is 0.323 e. The van der Waals surface area contributed by atoms with Crippen LogP contribution in [0.2, 0.25) is 0 Å². The van der Waals surface area contributed by atoms with Gasteiger partial charge in [0, 0.05) is 19.3 Å². The summed E-state index contributed by atoms with van der Waals surface area (Å²) in [7, 11) is 1.97. The van der Waals surface area contributed by atoms with E-state index in [4.69, 9.17) is 5.11 Å². The van der Waals surface area contributed by atoms with Crippen molar-refractivity contribution in [3.63, 3.8) is 0 Å². The minimum Gasteiger partial charge on any atom is -0.480 e. The number of amides is 1. The highest BCUT2D eigenvalue weighted by molar-refractivity contribution is 5.93. The zero-order chi connectivity index (χ0) is 13.5. The van der Waals surface area contributed by atoms with Gasteiger partial charge in [-0.15, -0.1) is 0 Å². The van der Waals surface area contributed by atoms with Crippen LogP contribution in [0.1, 0.15) is 17.4 Å². The average molecular weight is 253 g/mol. The molecule has 18 heavy (non-hydrogen) atoms. The van der Waals surface area contributed by atoms with Crippen molar-refractivity contribution in [2.45, 2.75) is 13.5 Å². The fourth-order valence-electron chi connectivity index (χ4n) is 1.51. The van der Waals surface area contributed by atoms with E-state index in [1.807, 2.05) is 14.0 Å². The van der Waals surface area contributed by atoms with Crippen molar-refractivity contribution in [1.82, 2.24) is 14.8 Å². The Kier molecular flexibility index (Phi) is 5.38. The third-order valence-corrected chi connectivity index (χ3v) is 2.69. The van der Waals surface area contributed by atoms with E-state index in [1.54, 1.807) is 18.3 Å². The van der Waals surface area contributed by atoms with Crippen LogP contribution in [0.15, 0.2) is 18.3 Å². The summed E-state index contributed by atoms with van der Waals surface area (Å²) in [5.41, 5.74) is 0.372. The second kappa shape index (κ2) is 6.80. The van der Waals surface area contributed by atoms with Gasteiger partial charge >= 0.3 is 5.97 Å². The SMILES string of the molecule is CCN(C)CCNC(=O)c1cccn1CC(=O)O.